The van der Waals surface area contributed by atoms with E-state index in [2.05, 4.69) is 15.9 Å². The summed E-state index contributed by atoms with van der Waals surface area (Å²) in [5.41, 5.74) is 1.56. The Bertz CT molecular complexity index is 677. The average Bonchev–Trinajstić information content (AvgIpc) is 3.00. The van der Waals surface area contributed by atoms with E-state index >= 15 is 0 Å². The molecule has 0 N–H and O–H groups in total. The third-order valence-electron chi connectivity index (χ3n) is 3.67. The number of carbonyl (C=O) groups excluding carboxylic acids is 1. The lowest BCUT2D eigenvalue weighted by molar-refractivity contribution is -0.130. The van der Waals surface area contributed by atoms with Crippen molar-refractivity contribution in [3.63, 3.8) is 0 Å². The molecule has 1 heterocycles. The van der Waals surface area contributed by atoms with E-state index in [1.54, 1.807) is 30.0 Å². The predicted molar refractivity (Wildman–Crippen MR) is 91.2 cm³/mol. The van der Waals surface area contributed by atoms with Gasteiger partial charge in [-0.15, -0.1) is 11.8 Å². The molecule has 1 unspecified atom stereocenters. The first kappa shape index (κ1) is 15.6. The molecule has 0 saturated carbocycles. The van der Waals surface area contributed by atoms with E-state index in [4.69, 9.17) is 0 Å². The van der Waals surface area contributed by atoms with E-state index in [1.807, 2.05) is 29.2 Å². The zero-order chi connectivity index (χ0) is 15.5. The lowest BCUT2D eigenvalue weighted by Crippen LogP contribution is -2.31. The SMILES string of the molecule is O=C(Cc1ccccc1F)N1CCSC1c1ccc(Br)cc1. The van der Waals surface area contributed by atoms with Crippen molar-refractivity contribution >= 4 is 33.6 Å². The van der Waals surface area contributed by atoms with Crippen LogP contribution in [0.5, 0.6) is 0 Å². The molecule has 3 rings (SSSR count). The highest BCUT2D eigenvalue weighted by molar-refractivity contribution is 9.10. The molecular formula is C17H15BrFNOS. The molecule has 22 heavy (non-hydrogen) atoms. The van der Waals surface area contributed by atoms with Crippen molar-refractivity contribution < 1.29 is 9.18 Å². The normalized spacial score (nSPS) is 17.7. The summed E-state index contributed by atoms with van der Waals surface area (Å²) in [5, 5.41) is 0.0207. The maximum atomic E-state index is 13.7. The Balaban J connectivity index is 1.76. The van der Waals surface area contributed by atoms with E-state index in [0.717, 1.165) is 15.8 Å². The van der Waals surface area contributed by atoms with Gasteiger partial charge in [0.2, 0.25) is 5.91 Å². The van der Waals surface area contributed by atoms with Crippen molar-refractivity contribution in [2.24, 2.45) is 0 Å². The van der Waals surface area contributed by atoms with Crippen LogP contribution < -0.4 is 0 Å². The number of nitrogens with zero attached hydrogens (tertiary/aromatic N) is 1. The van der Waals surface area contributed by atoms with Crippen LogP contribution in [-0.4, -0.2) is 23.1 Å². The summed E-state index contributed by atoms with van der Waals surface area (Å²) in [7, 11) is 0. The monoisotopic (exact) mass is 379 g/mol. The van der Waals surface area contributed by atoms with E-state index in [1.165, 1.54) is 6.07 Å². The van der Waals surface area contributed by atoms with Crippen LogP contribution in [0.1, 0.15) is 16.5 Å². The van der Waals surface area contributed by atoms with Gasteiger partial charge in [-0.25, -0.2) is 4.39 Å². The van der Waals surface area contributed by atoms with Crippen LogP contribution in [0, 0.1) is 5.82 Å². The second-order valence-electron chi connectivity index (χ2n) is 5.13. The van der Waals surface area contributed by atoms with E-state index < -0.39 is 0 Å². The topological polar surface area (TPSA) is 20.3 Å². The van der Waals surface area contributed by atoms with Gasteiger partial charge in [0.05, 0.1) is 6.42 Å². The number of thioether (sulfide) groups is 1. The Morgan fingerprint density at radius 2 is 1.95 bits per heavy atom. The first-order valence-electron chi connectivity index (χ1n) is 7.05. The van der Waals surface area contributed by atoms with Crippen molar-refractivity contribution in [1.82, 2.24) is 4.90 Å². The molecule has 1 fully saturated rings. The minimum Gasteiger partial charge on any atom is -0.325 e. The van der Waals surface area contributed by atoms with Crippen LogP contribution in [0.25, 0.3) is 0 Å². The average molecular weight is 380 g/mol. The van der Waals surface area contributed by atoms with Gasteiger partial charge >= 0.3 is 0 Å². The third kappa shape index (κ3) is 3.36. The highest BCUT2D eigenvalue weighted by Crippen LogP contribution is 2.38. The molecule has 0 bridgehead atoms. The summed E-state index contributed by atoms with van der Waals surface area (Å²) in [6.45, 7) is 0.707. The van der Waals surface area contributed by atoms with Gasteiger partial charge in [0, 0.05) is 16.8 Å². The number of hydrogen-bond acceptors (Lipinski definition) is 2. The fourth-order valence-electron chi connectivity index (χ4n) is 2.54. The number of amides is 1. The second kappa shape index (κ2) is 6.84. The van der Waals surface area contributed by atoms with Crippen LogP contribution in [0.2, 0.25) is 0 Å². The van der Waals surface area contributed by atoms with Gasteiger partial charge in [-0.2, -0.15) is 0 Å². The largest absolute Gasteiger partial charge is 0.325 e. The van der Waals surface area contributed by atoms with Crippen molar-refractivity contribution in [3.05, 3.63) is 69.9 Å². The molecule has 0 radical (unpaired) electrons. The molecule has 114 valence electrons. The lowest BCUT2D eigenvalue weighted by Gasteiger charge is -2.24. The Morgan fingerprint density at radius 1 is 1.23 bits per heavy atom. The van der Waals surface area contributed by atoms with Crippen molar-refractivity contribution in [3.8, 4) is 0 Å². The molecule has 2 nitrogen and oxygen atoms in total. The molecular weight excluding hydrogens is 365 g/mol. The maximum Gasteiger partial charge on any atom is 0.228 e. The van der Waals surface area contributed by atoms with Crippen LogP contribution in [0.3, 0.4) is 0 Å². The van der Waals surface area contributed by atoms with E-state index in [-0.39, 0.29) is 23.5 Å². The fourth-order valence-corrected chi connectivity index (χ4v) is 4.08. The molecule has 0 spiro atoms. The maximum absolute atomic E-state index is 13.7. The molecule has 1 aliphatic rings. The molecule has 5 heteroatoms. The molecule has 1 aliphatic heterocycles. The molecule has 2 aromatic rings. The summed E-state index contributed by atoms with van der Waals surface area (Å²) < 4.78 is 14.7. The zero-order valence-corrected chi connectivity index (χ0v) is 14.2. The van der Waals surface area contributed by atoms with Crippen molar-refractivity contribution in [2.75, 3.05) is 12.3 Å². The second-order valence-corrected chi connectivity index (χ2v) is 7.23. The van der Waals surface area contributed by atoms with Crippen LogP contribution >= 0.6 is 27.7 Å². The Kier molecular flexibility index (Phi) is 4.84. The zero-order valence-electron chi connectivity index (χ0n) is 11.8. The van der Waals surface area contributed by atoms with Gasteiger partial charge in [0.1, 0.15) is 11.2 Å². The standard InChI is InChI=1S/C17H15BrFNOS/c18-14-7-5-12(6-8-14)17-20(9-10-22-17)16(21)11-13-3-1-2-4-15(13)19/h1-8,17H,9-11H2. The van der Waals surface area contributed by atoms with Gasteiger partial charge in [-0.3, -0.25) is 4.79 Å². The van der Waals surface area contributed by atoms with E-state index in [0.29, 0.717) is 12.1 Å². The predicted octanol–water partition coefficient (Wildman–Crippen LogP) is 4.40. The number of hydrogen-bond donors (Lipinski definition) is 0. The van der Waals surface area contributed by atoms with Crippen molar-refractivity contribution in [1.29, 1.82) is 0 Å². The Hall–Kier alpha value is -1.33. The number of rotatable bonds is 3. The fraction of sp³-hybridized carbons (Fsp3) is 0.235. The Morgan fingerprint density at radius 3 is 2.68 bits per heavy atom. The third-order valence-corrected chi connectivity index (χ3v) is 5.46. The molecule has 2 aromatic carbocycles. The minimum atomic E-state index is -0.317. The molecule has 1 amide bonds. The van der Waals surface area contributed by atoms with Crippen LogP contribution in [0.15, 0.2) is 53.0 Å². The summed E-state index contributed by atoms with van der Waals surface area (Å²) >= 11 is 5.17. The van der Waals surface area contributed by atoms with Crippen LogP contribution in [0.4, 0.5) is 4.39 Å². The smallest absolute Gasteiger partial charge is 0.228 e. The Labute approximate surface area is 141 Å². The minimum absolute atomic E-state index is 0.0207. The highest BCUT2D eigenvalue weighted by Gasteiger charge is 2.30. The van der Waals surface area contributed by atoms with Gasteiger partial charge in [0.15, 0.2) is 0 Å². The molecule has 1 saturated heterocycles. The summed E-state index contributed by atoms with van der Waals surface area (Å²) in [6, 6.07) is 14.5. The lowest BCUT2D eigenvalue weighted by atomic mass is 10.1. The molecule has 0 aliphatic carbocycles. The van der Waals surface area contributed by atoms with Gasteiger partial charge in [0.25, 0.3) is 0 Å². The molecule has 0 aromatic heterocycles. The van der Waals surface area contributed by atoms with Crippen LogP contribution in [-0.2, 0) is 11.2 Å². The number of benzene rings is 2. The first-order chi connectivity index (χ1) is 10.6. The number of carbonyl (C=O) groups is 1. The number of halogens is 2. The molecule has 1 atom stereocenters. The van der Waals surface area contributed by atoms with Gasteiger partial charge in [-0.1, -0.05) is 46.3 Å². The van der Waals surface area contributed by atoms with E-state index in [9.17, 15) is 9.18 Å². The summed E-state index contributed by atoms with van der Waals surface area (Å²) in [4.78, 5) is 14.4. The van der Waals surface area contributed by atoms with Gasteiger partial charge < -0.3 is 4.90 Å². The van der Waals surface area contributed by atoms with Crippen molar-refractivity contribution in [2.45, 2.75) is 11.8 Å². The quantitative estimate of drug-likeness (QED) is 0.787. The summed E-state index contributed by atoms with van der Waals surface area (Å²) in [5.74, 6) is 0.565. The summed E-state index contributed by atoms with van der Waals surface area (Å²) in [6.07, 6.45) is 0.111. The first-order valence-corrected chi connectivity index (χ1v) is 8.89. The highest BCUT2D eigenvalue weighted by atomic mass is 79.9. The van der Waals surface area contributed by atoms with Gasteiger partial charge in [-0.05, 0) is 29.3 Å².